The third-order valence-electron chi connectivity index (χ3n) is 3.53. The largest absolute Gasteiger partial charge is 0.103 e. The molecule has 0 amide bonds. The molecular weight excluding hydrogens is 204 g/mol. The van der Waals surface area contributed by atoms with Gasteiger partial charge < -0.3 is 0 Å². The first-order chi connectivity index (χ1) is 8.27. The van der Waals surface area contributed by atoms with Crippen LogP contribution in [-0.4, -0.2) is 0 Å². The Bertz CT molecular complexity index is 148. The highest BCUT2D eigenvalue weighted by Gasteiger charge is 2.27. The Hall–Kier alpha value is -0.260. The standard InChI is InChI=1S/C13H24.2C2H6/c1-4-6-12(7-5-2)13-9-8-11(3)10-13;2*1-2/h4,11-13H,1,5-10H2,2-3H3;2*1-2H3. The van der Waals surface area contributed by atoms with Gasteiger partial charge in [-0.1, -0.05) is 66.9 Å². The smallest absolute Gasteiger partial charge is 0.0322 e. The lowest BCUT2D eigenvalue weighted by atomic mass is 9.84. The van der Waals surface area contributed by atoms with Crippen LogP contribution in [0, 0.1) is 17.8 Å². The minimum Gasteiger partial charge on any atom is -0.103 e. The second-order valence-electron chi connectivity index (χ2n) is 4.75. The molecule has 0 N–H and O–H groups in total. The lowest BCUT2D eigenvalue weighted by Gasteiger charge is -2.21. The van der Waals surface area contributed by atoms with Crippen molar-refractivity contribution in [2.45, 2.75) is 80.1 Å². The van der Waals surface area contributed by atoms with Crippen molar-refractivity contribution in [1.29, 1.82) is 0 Å². The second-order valence-corrected chi connectivity index (χ2v) is 4.75. The van der Waals surface area contributed by atoms with Gasteiger partial charge in [-0.25, -0.2) is 0 Å². The van der Waals surface area contributed by atoms with Gasteiger partial charge in [-0.3, -0.25) is 0 Å². The first-order valence-corrected chi connectivity index (χ1v) is 7.88. The number of hydrogen-bond donors (Lipinski definition) is 0. The molecule has 104 valence electrons. The van der Waals surface area contributed by atoms with Gasteiger partial charge in [0.05, 0.1) is 0 Å². The van der Waals surface area contributed by atoms with E-state index in [0.717, 1.165) is 17.8 Å². The molecule has 0 aromatic heterocycles. The van der Waals surface area contributed by atoms with E-state index in [9.17, 15) is 0 Å². The Morgan fingerprint density at radius 1 is 1.18 bits per heavy atom. The molecule has 0 aromatic rings. The first kappa shape index (κ1) is 19.1. The molecule has 0 spiro atoms. The van der Waals surface area contributed by atoms with Gasteiger partial charge in [-0.15, -0.1) is 6.58 Å². The van der Waals surface area contributed by atoms with Crippen LogP contribution in [0.1, 0.15) is 80.1 Å². The van der Waals surface area contributed by atoms with Crippen molar-refractivity contribution in [3.05, 3.63) is 12.7 Å². The molecule has 1 aliphatic rings. The Morgan fingerprint density at radius 3 is 2.12 bits per heavy atom. The van der Waals surface area contributed by atoms with Gasteiger partial charge in [-0.05, 0) is 37.0 Å². The second kappa shape index (κ2) is 13.8. The molecule has 0 nitrogen and oxygen atoms in total. The fraction of sp³-hybridized carbons (Fsp3) is 0.882. The SMILES string of the molecule is C=CCC(CCC)C1CCC(C)C1.CC.CC. The summed E-state index contributed by atoms with van der Waals surface area (Å²) in [6, 6.07) is 0. The van der Waals surface area contributed by atoms with Gasteiger partial charge in [0.15, 0.2) is 0 Å². The summed E-state index contributed by atoms with van der Waals surface area (Å²) in [5.41, 5.74) is 0. The van der Waals surface area contributed by atoms with E-state index in [0.29, 0.717) is 0 Å². The molecule has 1 aliphatic carbocycles. The molecule has 1 fully saturated rings. The van der Waals surface area contributed by atoms with Crippen LogP contribution >= 0.6 is 0 Å². The van der Waals surface area contributed by atoms with E-state index < -0.39 is 0 Å². The van der Waals surface area contributed by atoms with Crippen molar-refractivity contribution in [1.82, 2.24) is 0 Å². The van der Waals surface area contributed by atoms with Crippen LogP contribution in [0.25, 0.3) is 0 Å². The molecule has 1 saturated carbocycles. The highest BCUT2D eigenvalue weighted by atomic mass is 14.3. The van der Waals surface area contributed by atoms with Crippen LogP contribution in [0.2, 0.25) is 0 Å². The maximum atomic E-state index is 3.87. The van der Waals surface area contributed by atoms with E-state index in [1.165, 1.54) is 38.5 Å². The van der Waals surface area contributed by atoms with E-state index >= 15 is 0 Å². The zero-order valence-electron chi connectivity index (χ0n) is 13.3. The minimum atomic E-state index is 0.937. The summed E-state index contributed by atoms with van der Waals surface area (Å²) in [6.07, 6.45) is 10.5. The normalized spacial score (nSPS) is 23.9. The van der Waals surface area contributed by atoms with Crippen LogP contribution in [0.3, 0.4) is 0 Å². The maximum Gasteiger partial charge on any atom is -0.0322 e. The lowest BCUT2D eigenvalue weighted by molar-refractivity contribution is 0.311. The maximum absolute atomic E-state index is 3.87. The molecule has 3 unspecified atom stereocenters. The number of hydrogen-bond acceptors (Lipinski definition) is 0. The van der Waals surface area contributed by atoms with Gasteiger partial charge in [0.1, 0.15) is 0 Å². The molecule has 1 rings (SSSR count). The molecular formula is C17H36. The fourth-order valence-electron chi connectivity index (χ4n) is 2.81. The van der Waals surface area contributed by atoms with Crippen LogP contribution in [0.5, 0.6) is 0 Å². The summed E-state index contributed by atoms with van der Waals surface area (Å²) in [5, 5.41) is 0. The van der Waals surface area contributed by atoms with Crippen molar-refractivity contribution in [3.8, 4) is 0 Å². The third kappa shape index (κ3) is 8.46. The Labute approximate surface area is 111 Å². The van der Waals surface area contributed by atoms with Gasteiger partial charge in [-0.2, -0.15) is 0 Å². The fourth-order valence-corrected chi connectivity index (χ4v) is 2.81. The van der Waals surface area contributed by atoms with Crippen molar-refractivity contribution in [3.63, 3.8) is 0 Å². The molecule has 0 bridgehead atoms. The highest BCUT2D eigenvalue weighted by Crippen LogP contribution is 2.38. The molecule has 0 aliphatic heterocycles. The minimum absolute atomic E-state index is 0.937. The summed E-state index contributed by atoms with van der Waals surface area (Å²) in [5.74, 6) is 2.93. The van der Waals surface area contributed by atoms with Crippen molar-refractivity contribution in [2.24, 2.45) is 17.8 Å². The van der Waals surface area contributed by atoms with Crippen molar-refractivity contribution >= 4 is 0 Å². The summed E-state index contributed by atoms with van der Waals surface area (Å²) in [6.45, 7) is 16.6. The van der Waals surface area contributed by atoms with E-state index in [2.05, 4.69) is 26.5 Å². The average Bonchev–Trinajstić information content (AvgIpc) is 2.81. The zero-order valence-corrected chi connectivity index (χ0v) is 13.3. The predicted molar refractivity (Wildman–Crippen MR) is 82.4 cm³/mol. The zero-order chi connectivity index (χ0) is 13.7. The van der Waals surface area contributed by atoms with Crippen LogP contribution < -0.4 is 0 Å². The molecule has 17 heavy (non-hydrogen) atoms. The Balaban J connectivity index is 0. The van der Waals surface area contributed by atoms with E-state index in [-0.39, 0.29) is 0 Å². The summed E-state index contributed by atoms with van der Waals surface area (Å²) >= 11 is 0. The monoisotopic (exact) mass is 240 g/mol. The van der Waals surface area contributed by atoms with Crippen LogP contribution in [0.4, 0.5) is 0 Å². The summed E-state index contributed by atoms with van der Waals surface area (Å²) < 4.78 is 0. The Kier molecular flexibility index (Phi) is 15.5. The average molecular weight is 240 g/mol. The summed E-state index contributed by atoms with van der Waals surface area (Å²) in [4.78, 5) is 0. The lowest BCUT2D eigenvalue weighted by Crippen LogP contribution is -2.11. The molecule has 0 aromatic carbocycles. The van der Waals surface area contributed by atoms with Gasteiger partial charge >= 0.3 is 0 Å². The highest BCUT2D eigenvalue weighted by molar-refractivity contribution is 4.83. The van der Waals surface area contributed by atoms with Gasteiger partial charge in [0.25, 0.3) is 0 Å². The first-order valence-electron chi connectivity index (χ1n) is 7.88. The Morgan fingerprint density at radius 2 is 1.76 bits per heavy atom. The quantitative estimate of drug-likeness (QED) is 0.483. The molecule has 0 radical (unpaired) electrons. The van der Waals surface area contributed by atoms with Gasteiger partial charge in [0, 0.05) is 0 Å². The van der Waals surface area contributed by atoms with Crippen molar-refractivity contribution in [2.75, 3.05) is 0 Å². The topological polar surface area (TPSA) is 0 Å². The third-order valence-corrected chi connectivity index (χ3v) is 3.53. The molecule has 0 saturated heterocycles. The predicted octanol–water partition coefficient (Wildman–Crippen LogP) is 6.47. The van der Waals surface area contributed by atoms with Crippen LogP contribution in [0.15, 0.2) is 12.7 Å². The van der Waals surface area contributed by atoms with E-state index in [1.54, 1.807) is 0 Å². The van der Waals surface area contributed by atoms with Gasteiger partial charge in [0.2, 0.25) is 0 Å². The molecule has 0 heterocycles. The van der Waals surface area contributed by atoms with E-state index in [4.69, 9.17) is 0 Å². The molecule has 3 atom stereocenters. The van der Waals surface area contributed by atoms with Crippen LogP contribution in [-0.2, 0) is 0 Å². The van der Waals surface area contributed by atoms with Crippen molar-refractivity contribution < 1.29 is 0 Å². The van der Waals surface area contributed by atoms with E-state index in [1.807, 2.05) is 27.7 Å². The summed E-state index contributed by atoms with van der Waals surface area (Å²) in [7, 11) is 0. The molecule has 0 heteroatoms. The number of rotatable bonds is 5. The number of allylic oxidation sites excluding steroid dienone is 1.